The Morgan fingerprint density at radius 3 is 2.55 bits per heavy atom. The summed E-state index contributed by atoms with van der Waals surface area (Å²) in [5.74, 6) is 1.34. The maximum atomic E-state index is 6.19. The van der Waals surface area contributed by atoms with Gasteiger partial charge in [-0.25, -0.2) is 0 Å². The van der Waals surface area contributed by atoms with Crippen LogP contribution in [0.1, 0.15) is 12.5 Å². The minimum absolute atomic E-state index is 0.151. The third-order valence-corrected chi connectivity index (χ3v) is 3.34. The van der Waals surface area contributed by atoms with Crippen LogP contribution in [0.2, 0.25) is 5.02 Å². The van der Waals surface area contributed by atoms with Gasteiger partial charge in [-0.05, 0) is 24.6 Å². The van der Waals surface area contributed by atoms with Crippen LogP contribution < -0.4 is 9.47 Å². The molecule has 3 rings (SSSR count). The minimum atomic E-state index is -0.151. The van der Waals surface area contributed by atoms with Gasteiger partial charge < -0.3 is 14.2 Å². The smallest absolute Gasteiger partial charge is 0.226 e. The van der Waals surface area contributed by atoms with Crippen molar-refractivity contribution in [1.29, 1.82) is 0 Å². The number of halogens is 1. The van der Waals surface area contributed by atoms with E-state index in [0.717, 1.165) is 5.56 Å². The second-order valence-corrected chi connectivity index (χ2v) is 5.10. The van der Waals surface area contributed by atoms with Gasteiger partial charge in [-0.2, -0.15) is 0 Å². The number of hydrogen-bond donors (Lipinski definition) is 0. The van der Waals surface area contributed by atoms with Crippen LogP contribution in [-0.2, 0) is 11.3 Å². The third kappa shape index (κ3) is 3.24. The molecule has 0 saturated carbocycles. The lowest BCUT2D eigenvalue weighted by Crippen LogP contribution is -2.01. The molecule has 0 aromatic heterocycles. The van der Waals surface area contributed by atoms with Crippen molar-refractivity contribution in [2.24, 2.45) is 0 Å². The van der Waals surface area contributed by atoms with Gasteiger partial charge in [0, 0.05) is 6.07 Å². The van der Waals surface area contributed by atoms with Crippen molar-refractivity contribution >= 4 is 11.6 Å². The van der Waals surface area contributed by atoms with E-state index in [1.807, 2.05) is 49.4 Å². The predicted octanol–water partition coefficient (Wildman–Crippen LogP) is 4.04. The summed E-state index contributed by atoms with van der Waals surface area (Å²) in [7, 11) is 0. The van der Waals surface area contributed by atoms with Gasteiger partial charge in [0.1, 0.15) is 24.2 Å². The summed E-state index contributed by atoms with van der Waals surface area (Å²) < 4.78 is 16.5. The summed E-state index contributed by atoms with van der Waals surface area (Å²) in [6.07, 6.45) is 0.00457. The second-order valence-electron chi connectivity index (χ2n) is 4.69. The first kappa shape index (κ1) is 13.3. The summed E-state index contributed by atoms with van der Waals surface area (Å²) in [6, 6.07) is 15.4. The maximum Gasteiger partial charge on any atom is 0.226 e. The Morgan fingerprint density at radius 1 is 1.15 bits per heavy atom. The standard InChI is InChI=1S/C16H15ClO3/c1-11-16(19-11)20-13-7-8-15(14(17)9-13)18-10-12-5-3-2-4-6-12/h2-9,11,16H,10H2,1H3. The summed E-state index contributed by atoms with van der Waals surface area (Å²) in [4.78, 5) is 0. The van der Waals surface area contributed by atoms with Crippen LogP contribution in [0.25, 0.3) is 0 Å². The molecule has 0 spiro atoms. The van der Waals surface area contributed by atoms with E-state index in [2.05, 4.69) is 0 Å². The summed E-state index contributed by atoms with van der Waals surface area (Å²) in [5, 5.41) is 0.534. The normalized spacial score (nSPS) is 20.5. The van der Waals surface area contributed by atoms with Gasteiger partial charge in [-0.1, -0.05) is 41.9 Å². The van der Waals surface area contributed by atoms with Crippen molar-refractivity contribution in [2.45, 2.75) is 25.9 Å². The quantitative estimate of drug-likeness (QED) is 0.779. The Hall–Kier alpha value is -1.71. The Balaban J connectivity index is 1.62. The molecule has 0 amide bonds. The zero-order chi connectivity index (χ0) is 13.9. The molecule has 4 heteroatoms. The molecule has 2 unspecified atom stereocenters. The first-order valence-corrected chi connectivity index (χ1v) is 6.88. The van der Waals surface area contributed by atoms with Crippen molar-refractivity contribution in [3.05, 3.63) is 59.1 Å². The average molecular weight is 291 g/mol. The predicted molar refractivity (Wildman–Crippen MR) is 77.2 cm³/mol. The van der Waals surface area contributed by atoms with E-state index in [-0.39, 0.29) is 12.4 Å². The van der Waals surface area contributed by atoms with Crippen molar-refractivity contribution < 1.29 is 14.2 Å². The lowest BCUT2D eigenvalue weighted by molar-refractivity contribution is 0.178. The van der Waals surface area contributed by atoms with Crippen molar-refractivity contribution in [3.8, 4) is 11.5 Å². The highest BCUT2D eigenvalue weighted by atomic mass is 35.5. The van der Waals surface area contributed by atoms with E-state index in [1.165, 1.54) is 0 Å². The molecule has 0 radical (unpaired) electrons. The second kappa shape index (κ2) is 5.73. The highest BCUT2D eigenvalue weighted by Crippen LogP contribution is 2.32. The molecule has 1 aliphatic heterocycles. The molecule has 20 heavy (non-hydrogen) atoms. The fourth-order valence-electron chi connectivity index (χ4n) is 1.83. The number of benzene rings is 2. The lowest BCUT2D eigenvalue weighted by atomic mass is 10.2. The molecule has 2 atom stereocenters. The van der Waals surface area contributed by atoms with Gasteiger partial charge in [0.15, 0.2) is 0 Å². The van der Waals surface area contributed by atoms with Crippen LogP contribution >= 0.6 is 11.6 Å². The van der Waals surface area contributed by atoms with Gasteiger partial charge in [0.05, 0.1) is 5.02 Å². The van der Waals surface area contributed by atoms with Gasteiger partial charge in [0.2, 0.25) is 6.29 Å². The summed E-state index contributed by atoms with van der Waals surface area (Å²) >= 11 is 6.19. The van der Waals surface area contributed by atoms with E-state index < -0.39 is 0 Å². The van der Waals surface area contributed by atoms with Gasteiger partial charge in [-0.3, -0.25) is 0 Å². The number of hydrogen-bond acceptors (Lipinski definition) is 3. The number of ether oxygens (including phenoxy) is 3. The SMILES string of the molecule is CC1OC1Oc1ccc(OCc2ccccc2)c(Cl)c1. The van der Waals surface area contributed by atoms with E-state index in [4.69, 9.17) is 25.8 Å². The minimum Gasteiger partial charge on any atom is -0.487 e. The first-order valence-electron chi connectivity index (χ1n) is 6.51. The van der Waals surface area contributed by atoms with Crippen LogP contribution in [0.3, 0.4) is 0 Å². The molecular weight excluding hydrogens is 276 g/mol. The fourth-order valence-corrected chi connectivity index (χ4v) is 2.06. The van der Waals surface area contributed by atoms with Crippen LogP contribution in [0.15, 0.2) is 48.5 Å². The fraction of sp³-hybridized carbons (Fsp3) is 0.250. The zero-order valence-corrected chi connectivity index (χ0v) is 11.8. The van der Waals surface area contributed by atoms with Crippen molar-refractivity contribution in [3.63, 3.8) is 0 Å². The van der Waals surface area contributed by atoms with E-state index in [0.29, 0.717) is 23.1 Å². The first-order chi connectivity index (χ1) is 9.72. The third-order valence-electron chi connectivity index (χ3n) is 3.05. The van der Waals surface area contributed by atoms with E-state index in [1.54, 1.807) is 6.07 Å². The van der Waals surface area contributed by atoms with Crippen molar-refractivity contribution in [1.82, 2.24) is 0 Å². The molecule has 0 N–H and O–H groups in total. The number of epoxide rings is 1. The topological polar surface area (TPSA) is 31.0 Å². The molecule has 1 heterocycles. The molecule has 1 fully saturated rings. The lowest BCUT2D eigenvalue weighted by Gasteiger charge is -2.10. The van der Waals surface area contributed by atoms with E-state index >= 15 is 0 Å². The highest BCUT2D eigenvalue weighted by molar-refractivity contribution is 6.32. The maximum absolute atomic E-state index is 6.19. The highest BCUT2D eigenvalue weighted by Gasteiger charge is 2.36. The molecule has 2 aromatic carbocycles. The molecule has 0 bridgehead atoms. The Kier molecular flexibility index (Phi) is 3.81. The van der Waals surface area contributed by atoms with E-state index in [9.17, 15) is 0 Å². The molecule has 1 saturated heterocycles. The molecule has 2 aromatic rings. The molecule has 0 aliphatic carbocycles. The average Bonchev–Trinajstić information content (AvgIpc) is 3.14. The van der Waals surface area contributed by atoms with Crippen molar-refractivity contribution in [2.75, 3.05) is 0 Å². The summed E-state index contributed by atoms with van der Waals surface area (Å²) in [6.45, 7) is 2.45. The molecule has 104 valence electrons. The zero-order valence-electron chi connectivity index (χ0n) is 11.1. The molecule has 1 aliphatic rings. The van der Waals surface area contributed by atoms with Gasteiger partial charge in [0.25, 0.3) is 0 Å². The van der Waals surface area contributed by atoms with Crippen LogP contribution in [-0.4, -0.2) is 12.4 Å². The molecule has 3 nitrogen and oxygen atoms in total. The monoisotopic (exact) mass is 290 g/mol. The summed E-state index contributed by atoms with van der Waals surface area (Å²) in [5.41, 5.74) is 1.10. The molecular formula is C16H15ClO3. The Bertz CT molecular complexity index is 586. The van der Waals surface area contributed by atoms with Gasteiger partial charge >= 0.3 is 0 Å². The number of rotatable bonds is 5. The Labute approximate surface area is 123 Å². The van der Waals surface area contributed by atoms with Crippen LogP contribution in [0, 0.1) is 0 Å². The largest absolute Gasteiger partial charge is 0.487 e. The van der Waals surface area contributed by atoms with Crippen LogP contribution in [0.5, 0.6) is 11.5 Å². The van der Waals surface area contributed by atoms with Gasteiger partial charge in [-0.15, -0.1) is 0 Å². The van der Waals surface area contributed by atoms with Crippen LogP contribution in [0.4, 0.5) is 0 Å². The Morgan fingerprint density at radius 2 is 1.90 bits per heavy atom.